The molecule has 1 heterocycles. The predicted molar refractivity (Wildman–Crippen MR) is 69.0 cm³/mol. The lowest BCUT2D eigenvalue weighted by Crippen LogP contribution is -2.19. The Morgan fingerprint density at radius 2 is 2.10 bits per heavy atom. The number of azide groups is 1. The Morgan fingerprint density at radius 3 is 2.80 bits per heavy atom. The molecule has 20 heavy (non-hydrogen) atoms. The number of aliphatic hydroxyl groups is 2. The number of fused-ring (bicyclic) bond motifs is 1. The first-order chi connectivity index (χ1) is 9.54. The Kier molecular flexibility index (Phi) is 3.99. The summed E-state index contributed by atoms with van der Waals surface area (Å²) in [6.45, 7) is 0.0644. The molecule has 3 N–H and O–H groups in total. The van der Waals surface area contributed by atoms with Crippen LogP contribution < -0.4 is 5.32 Å². The molecule has 8 heteroatoms. The molecule has 0 spiro atoms. The average molecular weight is 276 g/mol. The van der Waals surface area contributed by atoms with Crippen LogP contribution >= 0.6 is 0 Å². The number of carbonyl (C=O) groups excluding carboxylic acids is 2. The maximum absolute atomic E-state index is 11.4. The summed E-state index contributed by atoms with van der Waals surface area (Å²) < 4.78 is 0. The highest BCUT2D eigenvalue weighted by Gasteiger charge is 2.29. The summed E-state index contributed by atoms with van der Waals surface area (Å²) in [6.07, 6.45) is -2.19. The van der Waals surface area contributed by atoms with Crippen LogP contribution in [0.25, 0.3) is 10.4 Å². The van der Waals surface area contributed by atoms with Crippen LogP contribution in [0.3, 0.4) is 0 Å². The number of nitrogens with one attached hydrogen (secondary N) is 1. The highest BCUT2D eigenvalue weighted by atomic mass is 16.3. The first-order valence-electron chi connectivity index (χ1n) is 5.91. The predicted octanol–water partition coefficient (Wildman–Crippen LogP) is 0.916. The number of carbonyl (C=O) groups is 2. The van der Waals surface area contributed by atoms with Crippen molar-refractivity contribution in [3.05, 3.63) is 39.8 Å². The van der Waals surface area contributed by atoms with Crippen LogP contribution in [0, 0.1) is 0 Å². The van der Waals surface area contributed by atoms with E-state index >= 15 is 0 Å². The molecule has 104 valence electrons. The van der Waals surface area contributed by atoms with E-state index in [1.165, 1.54) is 18.2 Å². The van der Waals surface area contributed by atoms with E-state index in [1.54, 1.807) is 0 Å². The molecule has 2 unspecified atom stereocenters. The van der Waals surface area contributed by atoms with Crippen LogP contribution in [-0.2, 0) is 4.79 Å². The zero-order chi connectivity index (χ0) is 14.7. The molecule has 1 amide bonds. The summed E-state index contributed by atoms with van der Waals surface area (Å²) in [5.74, 6) is -1.33. The molecule has 0 bridgehead atoms. The average Bonchev–Trinajstić information content (AvgIpc) is 2.73. The van der Waals surface area contributed by atoms with E-state index in [9.17, 15) is 19.8 Å². The Morgan fingerprint density at radius 1 is 1.35 bits per heavy atom. The van der Waals surface area contributed by atoms with Crippen molar-refractivity contribution in [1.29, 1.82) is 0 Å². The van der Waals surface area contributed by atoms with Crippen LogP contribution in [0.4, 0.5) is 5.69 Å². The number of hydrogen-bond donors (Lipinski definition) is 3. The third-order valence-electron chi connectivity index (χ3n) is 3.04. The van der Waals surface area contributed by atoms with Gasteiger partial charge in [-0.2, -0.15) is 0 Å². The van der Waals surface area contributed by atoms with Crippen molar-refractivity contribution in [2.75, 3.05) is 11.9 Å². The quantitative estimate of drug-likeness (QED) is 0.319. The fourth-order valence-corrected chi connectivity index (χ4v) is 1.96. The minimum atomic E-state index is -1.19. The summed E-state index contributed by atoms with van der Waals surface area (Å²) in [4.78, 5) is 25.2. The van der Waals surface area contributed by atoms with Gasteiger partial charge in [-0.1, -0.05) is 11.2 Å². The highest BCUT2D eigenvalue weighted by molar-refractivity contribution is 6.51. The van der Waals surface area contributed by atoms with Crippen molar-refractivity contribution in [2.24, 2.45) is 5.11 Å². The molecular weight excluding hydrogens is 264 g/mol. The zero-order valence-electron chi connectivity index (χ0n) is 10.4. The second-order valence-corrected chi connectivity index (χ2v) is 4.34. The zero-order valence-corrected chi connectivity index (χ0v) is 10.4. The third kappa shape index (κ3) is 2.62. The van der Waals surface area contributed by atoms with Crippen molar-refractivity contribution in [1.82, 2.24) is 0 Å². The number of Topliss-reactive ketones (excluding diaryl/α,β-unsaturated/α-hetero) is 1. The van der Waals surface area contributed by atoms with Gasteiger partial charge in [-0.25, -0.2) is 0 Å². The monoisotopic (exact) mass is 276 g/mol. The number of aliphatic hydroxyl groups excluding tert-OH is 2. The van der Waals surface area contributed by atoms with Crippen LogP contribution in [0.1, 0.15) is 28.4 Å². The van der Waals surface area contributed by atoms with Gasteiger partial charge in [0.05, 0.1) is 17.4 Å². The van der Waals surface area contributed by atoms with Gasteiger partial charge in [0.15, 0.2) is 0 Å². The largest absolute Gasteiger partial charge is 0.390 e. The molecule has 0 saturated heterocycles. The molecule has 8 nitrogen and oxygen atoms in total. The first-order valence-corrected chi connectivity index (χ1v) is 5.91. The Balaban J connectivity index is 2.14. The van der Waals surface area contributed by atoms with Gasteiger partial charge in [0.2, 0.25) is 0 Å². The molecule has 2 rings (SSSR count). The van der Waals surface area contributed by atoms with Gasteiger partial charge in [-0.3, -0.25) is 9.59 Å². The van der Waals surface area contributed by atoms with E-state index in [4.69, 9.17) is 5.53 Å². The van der Waals surface area contributed by atoms with Crippen molar-refractivity contribution in [3.8, 4) is 0 Å². The normalized spacial score (nSPS) is 16.1. The summed E-state index contributed by atoms with van der Waals surface area (Å²) in [5, 5.41) is 25.4. The van der Waals surface area contributed by atoms with Crippen molar-refractivity contribution in [3.63, 3.8) is 0 Å². The number of benzene rings is 1. The fourth-order valence-electron chi connectivity index (χ4n) is 1.96. The summed E-state index contributed by atoms with van der Waals surface area (Å²) in [5.41, 5.74) is 9.06. The van der Waals surface area contributed by atoms with E-state index in [-0.39, 0.29) is 18.5 Å². The molecule has 2 atom stereocenters. The molecule has 1 aliphatic rings. The molecular formula is C12H12N4O4. The van der Waals surface area contributed by atoms with Gasteiger partial charge in [0.1, 0.15) is 6.10 Å². The lowest BCUT2D eigenvalue weighted by Gasteiger charge is -2.17. The minimum Gasteiger partial charge on any atom is -0.390 e. The number of nitrogens with zero attached hydrogens (tertiary/aromatic N) is 3. The van der Waals surface area contributed by atoms with Crippen LogP contribution in [0.2, 0.25) is 0 Å². The standard InChI is InChI=1S/C12H12N4O4/c13-16-14-4-3-9(17)10(18)6-1-2-7-8(5-6)15-12(20)11(7)19/h1-2,5,9-10,17-18H,3-4H2,(H,15,19,20). The van der Waals surface area contributed by atoms with Crippen molar-refractivity contribution < 1.29 is 19.8 Å². The second kappa shape index (κ2) is 5.70. The maximum atomic E-state index is 11.4. The number of rotatable bonds is 5. The molecule has 1 aromatic rings. The summed E-state index contributed by atoms with van der Waals surface area (Å²) in [7, 11) is 0. The van der Waals surface area contributed by atoms with Crippen LogP contribution in [-0.4, -0.2) is 34.6 Å². The molecule has 0 radical (unpaired) electrons. The van der Waals surface area contributed by atoms with Gasteiger partial charge in [-0.05, 0) is 29.6 Å². The molecule has 0 fully saturated rings. The second-order valence-electron chi connectivity index (χ2n) is 4.34. The number of hydrogen-bond acceptors (Lipinski definition) is 5. The molecule has 0 saturated carbocycles. The maximum Gasteiger partial charge on any atom is 0.296 e. The highest BCUT2D eigenvalue weighted by Crippen LogP contribution is 2.28. The fraction of sp³-hybridized carbons (Fsp3) is 0.333. The van der Waals surface area contributed by atoms with Gasteiger partial charge in [0, 0.05) is 11.5 Å². The van der Waals surface area contributed by atoms with Gasteiger partial charge in [0.25, 0.3) is 11.7 Å². The number of ketones is 1. The Bertz CT molecular complexity index is 609. The van der Waals surface area contributed by atoms with Gasteiger partial charge in [-0.15, -0.1) is 0 Å². The van der Waals surface area contributed by atoms with E-state index in [1.807, 2.05) is 0 Å². The van der Waals surface area contributed by atoms with Crippen LogP contribution in [0.15, 0.2) is 23.3 Å². The topological polar surface area (TPSA) is 135 Å². The lowest BCUT2D eigenvalue weighted by atomic mass is 9.99. The van der Waals surface area contributed by atoms with E-state index in [2.05, 4.69) is 15.3 Å². The van der Waals surface area contributed by atoms with Gasteiger partial charge >= 0.3 is 0 Å². The third-order valence-corrected chi connectivity index (χ3v) is 3.04. The van der Waals surface area contributed by atoms with E-state index < -0.39 is 23.9 Å². The summed E-state index contributed by atoms with van der Waals surface area (Å²) in [6, 6.07) is 4.34. The molecule has 1 aromatic carbocycles. The first kappa shape index (κ1) is 14.0. The van der Waals surface area contributed by atoms with Crippen molar-refractivity contribution >= 4 is 17.4 Å². The number of amides is 1. The number of anilines is 1. The molecule has 1 aliphatic heterocycles. The van der Waals surface area contributed by atoms with Gasteiger partial charge < -0.3 is 15.5 Å². The Labute approximate surface area is 113 Å². The van der Waals surface area contributed by atoms with Crippen LogP contribution in [0.5, 0.6) is 0 Å². The lowest BCUT2D eigenvalue weighted by molar-refractivity contribution is -0.112. The summed E-state index contributed by atoms with van der Waals surface area (Å²) >= 11 is 0. The van der Waals surface area contributed by atoms with E-state index in [0.29, 0.717) is 11.3 Å². The smallest absolute Gasteiger partial charge is 0.296 e. The SMILES string of the molecule is [N-]=[N+]=NCCC(O)C(O)c1ccc2c(c1)NC(=O)C2=O. The molecule has 0 aromatic heterocycles. The van der Waals surface area contributed by atoms with Crippen molar-refractivity contribution in [2.45, 2.75) is 18.6 Å². The Hall–Kier alpha value is -2.41. The molecule has 0 aliphatic carbocycles. The van der Waals surface area contributed by atoms with E-state index in [0.717, 1.165) is 0 Å². The minimum absolute atomic E-state index is 0.0644.